The van der Waals surface area contributed by atoms with Gasteiger partial charge < -0.3 is 20.3 Å². The standard InChI is InChI=1S/C22H25N3O4/c1-16-4-2-5-19(14-16)29-13-11-23-20(26)15-24-22(28)17-7-9-18(10-8-17)25-12-3-6-21(25)27/h2,4-5,7-10,14H,3,6,11-13,15H2,1H3,(H,23,26)(H,24,28). The number of amides is 3. The fourth-order valence-electron chi connectivity index (χ4n) is 3.10. The Hall–Kier alpha value is -3.35. The average molecular weight is 395 g/mol. The van der Waals surface area contributed by atoms with Crippen molar-refractivity contribution in [1.29, 1.82) is 0 Å². The fourth-order valence-corrected chi connectivity index (χ4v) is 3.10. The van der Waals surface area contributed by atoms with Crippen LogP contribution in [0.4, 0.5) is 5.69 Å². The molecule has 0 spiro atoms. The van der Waals surface area contributed by atoms with E-state index in [0.29, 0.717) is 31.7 Å². The van der Waals surface area contributed by atoms with E-state index in [1.165, 1.54) is 0 Å². The zero-order valence-electron chi connectivity index (χ0n) is 16.4. The van der Waals surface area contributed by atoms with Crippen LogP contribution in [-0.4, -0.2) is 44.0 Å². The highest BCUT2D eigenvalue weighted by Gasteiger charge is 2.21. The van der Waals surface area contributed by atoms with E-state index in [-0.39, 0.29) is 24.3 Å². The van der Waals surface area contributed by atoms with Crippen LogP contribution < -0.4 is 20.3 Å². The topological polar surface area (TPSA) is 87.7 Å². The van der Waals surface area contributed by atoms with Gasteiger partial charge in [-0.3, -0.25) is 14.4 Å². The summed E-state index contributed by atoms with van der Waals surface area (Å²) >= 11 is 0. The van der Waals surface area contributed by atoms with Gasteiger partial charge in [0.15, 0.2) is 0 Å². The first kappa shape index (κ1) is 20.4. The summed E-state index contributed by atoms with van der Waals surface area (Å²) in [6, 6.07) is 14.5. The van der Waals surface area contributed by atoms with Gasteiger partial charge >= 0.3 is 0 Å². The third kappa shape index (κ3) is 5.81. The Morgan fingerprint density at radius 2 is 1.90 bits per heavy atom. The maximum absolute atomic E-state index is 12.2. The lowest BCUT2D eigenvalue weighted by Crippen LogP contribution is -2.38. The second-order valence-electron chi connectivity index (χ2n) is 6.89. The number of nitrogens with zero attached hydrogens (tertiary/aromatic N) is 1. The van der Waals surface area contributed by atoms with Gasteiger partial charge in [0, 0.05) is 24.2 Å². The Kier molecular flexibility index (Phi) is 6.84. The molecule has 0 bridgehead atoms. The molecular weight excluding hydrogens is 370 g/mol. The first-order chi connectivity index (χ1) is 14.0. The lowest BCUT2D eigenvalue weighted by Gasteiger charge is -2.15. The molecule has 7 heteroatoms. The molecule has 0 radical (unpaired) electrons. The molecule has 2 aromatic rings. The second-order valence-corrected chi connectivity index (χ2v) is 6.89. The summed E-state index contributed by atoms with van der Waals surface area (Å²) in [4.78, 5) is 37.6. The zero-order chi connectivity index (χ0) is 20.6. The van der Waals surface area contributed by atoms with Gasteiger partial charge in [0.05, 0.1) is 13.1 Å². The van der Waals surface area contributed by atoms with Gasteiger partial charge in [0.2, 0.25) is 11.8 Å². The molecule has 1 fully saturated rings. The number of anilines is 1. The predicted molar refractivity (Wildman–Crippen MR) is 110 cm³/mol. The number of aryl methyl sites for hydroxylation is 1. The molecule has 0 saturated carbocycles. The lowest BCUT2D eigenvalue weighted by atomic mass is 10.2. The van der Waals surface area contributed by atoms with E-state index in [4.69, 9.17) is 4.74 Å². The largest absolute Gasteiger partial charge is 0.492 e. The second kappa shape index (κ2) is 9.73. The number of ether oxygens (including phenoxy) is 1. The first-order valence-corrected chi connectivity index (χ1v) is 9.68. The molecule has 2 N–H and O–H groups in total. The summed E-state index contributed by atoms with van der Waals surface area (Å²) in [5.41, 5.74) is 2.33. The van der Waals surface area contributed by atoms with E-state index >= 15 is 0 Å². The van der Waals surface area contributed by atoms with Crippen LogP contribution in [0.3, 0.4) is 0 Å². The molecule has 3 amide bonds. The van der Waals surface area contributed by atoms with Crippen LogP contribution in [0, 0.1) is 6.92 Å². The van der Waals surface area contributed by atoms with Crippen LogP contribution in [0.15, 0.2) is 48.5 Å². The van der Waals surface area contributed by atoms with Crippen molar-refractivity contribution in [3.63, 3.8) is 0 Å². The van der Waals surface area contributed by atoms with E-state index in [1.807, 2.05) is 31.2 Å². The minimum absolute atomic E-state index is 0.102. The summed E-state index contributed by atoms with van der Waals surface area (Å²) in [5, 5.41) is 5.29. The van der Waals surface area contributed by atoms with Crippen molar-refractivity contribution in [2.75, 3.05) is 31.1 Å². The number of hydrogen-bond donors (Lipinski definition) is 2. The summed E-state index contributed by atoms with van der Waals surface area (Å²) in [6.07, 6.45) is 1.42. The molecule has 0 unspecified atom stereocenters. The van der Waals surface area contributed by atoms with Crippen LogP contribution in [-0.2, 0) is 9.59 Å². The number of hydrogen-bond acceptors (Lipinski definition) is 4. The molecule has 7 nitrogen and oxygen atoms in total. The Morgan fingerprint density at radius 1 is 1.10 bits per heavy atom. The molecule has 2 aromatic carbocycles. The molecule has 152 valence electrons. The Morgan fingerprint density at radius 3 is 2.59 bits per heavy atom. The smallest absolute Gasteiger partial charge is 0.251 e. The van der Waals surface area contributed by atoms with Gasteiger partial charge in [-0.1, -0.05) is 12.1 Å². The highest BCUT2D eigenvalue weighted by molar-refractivity contribution is 5.98. The number of nitrogens with one attached hydrogen (secondary N) is 2. The van der Waals surface area contributed by atoms with Crippen molar-refractivity contribution in [3.8, 4) is 5.75 Å². The Labute approximate surface area is 170 Å². The van der Waals surface area contributed by atoms with E-state index in [2.05, 4.69) is 10.6 Å². The van der Waals surface area contributed by atoms with Crippen LogP contribution >= 0.6 is 0 Å². The van der Waals surface area contributed by atoms with Crippen LogP contribution in [0.5, 0.6) is 5.75 Å². The summed E-state index contributed by atoms with van der Waals surface area (Å²) in [7, 11) is 0. The maximum Gasteiger partial charge on any atom is 0.251 e. The third-order valence-electron chi connectivity index (χ3n) is 4.61. The van der Waals surface area contributed by atoms with Crippen molar-refractivity contribution in [2.24, 2.45) is 0 Å². The molecule has 3 rings (SSSR count). The summed E-state index contributed by atoms with van der Waals surface area (Å²) < 4.78 is 5.56. The number of carbonyl (C=O) groups excluding carboxylic acids is 3. The third-order valence-corrected chi connectivity index (χ3v) is 4.61. The van der Waals surface area contributed by atoms with Crippen molar-refractivity contribution in [3.05, 3.63) is 59.7 Å². The summed E-state index contributed by atoms with van der Waals surface area (Å²) in [6.45, 7) is 3.27. The zero-order valence-corrected chi connectivity index (χ0v) is 16.4. The molecule has 1 heterocycles. The van der Waals surface area contributed by atoms with Gasteiger partial charge in [-0.05, 0) is 55.3 Å². The lowest BCUT2D eigenvalue weighted by molar-refractivity contribution is -0.120. The fraction of sp³-hybridized carbons (Fsp3) is 0.318. The van der Waals surface area contributed by atoms with Gasteiger partial charge in [-0.25, -0.2) is 0 Å². The van der Waals surface area contributed by atoms with Crippen molar-refractivity contribution in [1.82, 2.24) is 10.6 Å². The van der Waals surface area contributed by atoms with Gasteiger partial charge in [-0.2, -0.15) is 0 Å². The van der Waals surface area contributed by atoms with Crippen molar-refractivity contribution >= 4 is 23.4 Å². The quantitative estimate of drug-likeness (QED) is 0.670. The molecule has 29 heavy (non-hydrogen) atoms. The molecule has 1 saturated heterocycles. The first-order valence-electron chi connectivity index (χ1n) is 9.68. The molecular formula is C22H25N3O4. The Balaban J connectivity index is 1.37. The average Bonchev–Trinajstić information content (AvgIpc) is 3.15. The number of carbonyl (C=O) groups is 3. The van der Waals surface area contributed by atoms with E-state index < -0.39 is 0 Å². The monoisotopic (exact) mass is 395 g/mol. The van der Waals surface area contributed by atoms with Crippen LogP contribution in [0.2, 0.25) is 0 Å². The van der Waals surface area contributed by atoms with Gasteiger partial charge in [0.1, 0.15) is 12.4 Å². The van der Waals surface area contributed by atoms with E-state index in [0.717, 1.165) is 23.4 Å². The molecule has 0 atom stereocenters. The maximum atomic E-state index is 12.2. The highest BCUT2D eigenvalue weighted by Crippen LogP contribution is 2.21. The van der Waals surface area contributed by atoms with Crippen molar-refractivity contribution < 1.29 is 19.1 Å². The van der Waals surface area contributed by atoms with Crippen LogP contribution in [0.1, 0.15) is 28.8 Å². The normalized spacial score (nSPS) is 13.3. The Bertz CT molecular complexity index is 880. The summed E-state index contributed by atoms with van der Waals surface area (Å²) in [5.74, 6) is 0.234. The minimum Gasteiger partial charge on any atom is -0.492 e. The van der Waals surface area contributed by atoms with Crippen molar-refractivity contribution in [2.45, 2.75) is 19.8 Å². The molecule has 0 aromatic heterocycles. The molecule has 0 aliphatic carbocycles. The molecule has 1 aliphatic rings. The highest BCUT2D eigenvalue weighted by atomic mass is 16.5. The van der Waals surface area contributed by atoms with Gasteiger partial charge in [-0.15, -0.1) is 0 Å². The minimum atomic E-state index is -0.338. The van der Waals surface area contributed by atoms with E-state index in [9.17, 15) is 14.4 Å². The van der Waals surface area contributed by atoms with Crippen LogP contribution in [0.25, 0.3) is 0 Å². The van der Waals surface area contributed by atoms with Gasteiger partial charge in [0.25, 0.3) is 5.91 Å². The van der Waals surface area contributed by atoms with E-state index in [1.54, 1.807) is 29.2 Å². The molecule has 1 aliphatic heterocycles. The SMILES string of the molecule is Cc1cccc(OCCNC(=O)CNC(=O)c2ccc(N3CCCC3=O)cc2)c1. The number of rotatable bonds is 8. The number of benzene rings is 2. The predicted octanol–water partition coefficient (Wildman–Crippen LogP) is 2.05.